The fraction of sp³-hybridized carbons (Fsp3) is 0.182. The molecule has 0 saturated carbocycles. The van der Waals surface area contributed by atoms with Crippen molar-refractivity contribution in [1.29, 1.82) is 0 Å². The maximum absolute atomic E-state index is 12.5. The quantitative estimate of drug-likeness (QED) is 0.556. The molecule has 0 radical (unpaired) electrons. The van der Waals surface area contributed by atoms with Gasteiger partial charge in [-0.3, -0.25) is 9.59 Å². The monoisotopic (exact) mass is 404 g/mol. The van der Waals surface area contributed by atoms with E-state index in [4.69, 9.17) is 0 Å². The third-order valence-corrected chi connectivity index (χ3v) is 5.68. The fourth-order valence-corrected chi connectivity index (χ4v) is 3.95. The Kier molecular flexibility index (Phi) is 4.98. The van der Waals surface area contributed by atoms with E-state index in [0.717, 1.165) is 22.2 Å². The van der Waals surface area contributed by atoms with E-state index in [1.807, 2.05) is 17.5 Å². The van der Waals surface area contributed by atoms with E-state index in [0.29, 0.717) is 10.5 Å². The van der Waals surface area contributed by atoms with Crippen LogP contribution in [0.3, 0.4) is 0 Å². The van der Waals surface area contributed by atoms with Gasteiger partial charge in [0.2, 0.25) is 5.91 Å². The Hall–Kier alpha value is -3.32. The summed E-state index contributed by atoms with van der Waals surface area (Å²) < 4.78 is 1.17. The molecule has 4 rings (SSSR count). The van der Waals surface area contributed by atoms with E-state index in [1.165, 1.54) is 27.1 Å². The lowest BCUT2D eigenvalue weighted by atomic mass is 9.99. The summed E-state index contributed by atoms with van der Waals surface area (Å²) in [6, 6.07) is 11.4. The number of anilines is 1. The van der Waals surface area contributed by atoms with Gasteiger partial charge in [-0.2, -0.15) is 5.10 Å². The van der Waals surface area contributed by atoms with Crippen LogP contribution in [0, 0.1) is 20.8 Å². The van der Waals surface area contributed by atoms with Crippen molar-refractivity contribution in [3.05, 3.63) is 75.0 Å². The lowest BCUT2D eigenvalue weighted by molar-refractivity contribution is -0.117. The van der Waals surface area contributed by atoms with Crippen molar-refractivity contribution in [2.24, 2.45) is 0 Å². The highest BCUT2D eigenvalue weighted by atomic mass is 32.1. The predicted molar refractivity (Wildman–Crippen MR) is 116 cm³/mol. The SMILES string of the molecule is Cc1cc(C)c(-c2csc(NC(=O)Cn3ncc4ccccc4c3=O)n2)cc1C. The van der Waals surface area contributed by atoms with E-state index in [1.54, 1.807) is 18.3 Å². The Balaban J connectivity index is 1.52. The van der Waals surface area contributed by atoms with Crippen LogP contribution in [0.1, 0.15) is 16.7 Å². The molecule has 2 aromatic carbocycles. The summed E-state index contributed by atoms with van der Waals surface area (Å²) in [5.41, 5.74) is 5.17. The number of thiazole rings is 1. The lowest BCUT2D eigenvalue weighted by Gasteiger charge is -2.08. The van der Waals surface area contributed by atoms with Crippen LogP contribution in [0.25, 0.3) is 22.0 Å². The first-order valence-electron chi connectivity index (χ1n) is 9.21. The van der Waals surface area contributed by atoms with E-state index in [9.17, 15) is 9.59 Å². The number of hydrogen-bond donors (Lipinski definition) is 1. The molecule has 1 N–H and O–H groups in total. The smallest absolute Gasteiger partial charge is 0.275 e. The topological polar surface area (TPSA) is 76.9 Å². The van der Waals surface area contributed by atoms with Crippen molar-refractivity contribution >= 4 is 33.1 Å². The van der Waals surface area contributed by atoms with Crippen molar-refractivity contribution < 1.29 is 4.79 Å². The van der Waals surface area contributed by atoms with Gasteiger partial charge in [0.1, 0.15) is 6.54 Å². The van der Waals surface area contributed by atoms with Gasteiger partial charge in [-0.1, -0.05) is 24.3 Å². The second-order valence-corrected chi connectivity index (χ2v) is 7.89. The molecule has 0 bridgehead atoms. The highest BCUT2D eigenvalue weighted by Crippen LogP contribution is 2.29. The number of carbonyl (C=O) groups excluding carboxylic acids is 1. The number of aromatic nitrogens is 3. The van der Waals surface area contributed by atoms with Crippen molar-refractivity contribution in [3.8, 4) is 11.3 Å². The molecule has 7 heteroatoms. The minimum Gasteiger partial charge on any atom is -0.300 e. The first-order valence-corrected chi connectivity index (χ1v) is 10.1. The number of benzene rings is 2. The number of rotatable bonds is 4. The van der Waals surface area contributed by atoms with Crippen LogP contribution in [0.5, 0.6) is 0 Å². The van der Waals surface area contributed by atoms with Crippen LogP contribution in [0.4, 0.5) is 5.13 Å². The van der Waals surface area contributed by atoms with Crippen LogP contribution < -0.4 is 10.9 Å². The first kappa shape index (κ1) is 19.0. The van der Waals surface area contributed by atoms with Gasteiger partial charge in [-0.05, 0) is 49.6 Å². The summed E-state index contributed by atoms with van der Waals surface area (Å²) >= 11 is 1.36. The Labute approximate surface area is 171 Å². The zero-order valence-electron chi connectivity index (χ0n) is 16.4. The second kappa shape index (κ2) is 7.60. The van der Waals surface area contributed by atoms with Crippen molar-refractivity contribution in [3.63, 3.8) is 0 Å². The van der Waals surface area contributed by atoms with Gasteiger partial charge in [0.25, 0.3) is 5.56 Å². The van der Waals surface area contributed by atoms with E-state index in [2.05, 4.69) is 48.3 Å². The molecular weight excluding hydrogens is 384 g/mol. The maximum Gasteiger partial charge on any atom is 0.275 e. The Morgan fingerprint density at radius 3 is 2.69 bits per heavy atom. The average molecular weight is 404 g/mol. The van der Waals surface area contributed by atoms with Crippen LogP contribution >= 0.6 is 11.3 Å². The van der Waals surface area contributed by atoms with E-state index < -0.39 is 0 Å². The summed E-state index contributed by atoms with van der Waals surface area (Å²) in [5, 5.41) is 10.6. The molecule has 0 aliphatic rings. The average Bonchev–Trinajstić information content (AvgIpc) is 3.15. The molecule has 1 amide bonds. The third kappa shape index (κ3) is 3.82. The molecule has 0 atom stereocenters. The van der Waals surface area contributed by atoms with E-state index in [-0.39, 0.29) is 18.0 Å². The van der Waals surface area contributed by atoms with Crippen LogP contribution in [0.2, 0.25) is 0 Å². The summed E-state index contributed by atoms with van der Waals surface area (Å²) in [6.07, 6.45) is 1.59. The summed E-state index contributed by atoms with van der Waals surface area (Å²) in [7, 11) is 0. The number of amides is 1. The van der Waals surface area contributed by atoms with Gasteiger partial charge in [0, 0.05) is 16.3 Å². The number of fused-ring (bicyclic) bond motifs is 1. The highest BCUT2D eigenvalue weighted by molar-refractivity contribution is 7.14. The van der Waals surface area contributed by atoms with Gasteiger partial charge >= 0.3 is 0 Å². The zero-order valence-corrected chi connectivity index (χ0v) is 17.2. The number of nitrogens with zero attached hydrogens (tertiary/aromatic N) is 3. The maximum atomic E-state index is 12.5. The Morgan fingerprint density at radius 2 is 1.86 bits per heavy atom. The van der Waals surface area contributed by atoms with Gasteiger partial charge in [0.15, 0.2) is 5.13 Å². The van der Waals surface area contributed by atoms with Gasteiger partial charge in [0.05, 0.1) is 17.3 Å². The fourth-order valence-electron chi connectivity index (χ4n) is 3.23. The van der Waals surface area contributed by atoms with Crippen LogP contribution in [-0.2, 0) is 11.3 Å². The van der Waals surface area contributed by atoms with Crippen molar-refractivity contribution in [2.75, 3.05) is 5.32 Å². The molecule has 0 unspecified atom stereocenters. The van der Waals surface area contributed by atoms with Crippen molar-refractivity contribution in [1.82, 2.24) is 14.8 Å². The number of hydrogen-bond acceptors (Lipinski definition) is 5. The standard InChI is InChI=1S/C22H20N4O2S/c1-13-8-15(3)18(9-14(13)2)19-12-29-22(24-19)25-20(27)11-26-21(28)17-7-5-4-6-16(17)10-23-26/h4-10,12H,11H2,1-3H3,(H,24,25,27). The van der Waals surface area contributed by atoms with Gasteiger partial charge in [-0.15, -0.1) is 11.3 Å². The Bertz CT molecular complexity index is 1290. The minimum absolute atomic E-state index is 0.165. The molecule has 146 valence electrons. The number of nitrogens with one attached hydrogen (secondary N) is 1. The second-order valence-electron chi connectivity index (χ2n) is 7.03. The zero-order chi connectivity index (χ0) is 20.5. The number of carbonyl (C=O) groups is 1. The third-order valence-electron chi connectivity index (χ3n) is 4.92. The summed E-state index contributed by atoms with van der Waals surface area (Å²) in [5.74, 6) is -0.340. The molecule has 6 nitrogen and oxygen atoms in total. The molecule has 29 heavy (non-hydrogen) atoms. The molecule has 2 aromatic heterocycles. The normalized spacial score (nSPS) is 11.0. The lowest BCUT2D eigenvalue weighted by Crippen LogP contribution is -2.29. The molecule has 0 fully saturated rings. The number of aryl methyl sites for hydroxylation is 3. The van der Waals surface area contributed by atoms with Crippen LogP contribution in [0.15, 0.2) is 52.8 Å². The predicted octanol–water partition coefficient (Wildman–Crippen LogP) is 4.08. The molecule has 4 aromatic rings. The molecule has 0 aliphatic heterocycles. The first-order chi connectivity index (χ1) is 13.9. The largest absolute Gasteiger partial charge is 0.300 e. The molecule has 0 saturated heterocycles. The highest BCUT2D eigenvalue weighted by Gasteiger charge is 2.13. The molecule has 0 aliphatic carbocycles. The summed E-state index contributed by atoms with van der Waals surface area (Å²) in [6.45, 7) is 6.04. The minimum atomic E-state index is -0.340. The van der Waals surface area contributed by atoms with E-state index >= 15 is 0 Å². The van der Waals surface area contributed by atoms with Gasteiger partial charge in [-0.25, -0.2) is 9.67 Å². The molecule has 0 spiro atoms. The van der Waals surface area contributed by atoms with Crippen LogP contribution in [-0.4, -0.2) is 20.7 Å². The van der Waals surface area contributed by atoms with Crippen molar-refractivity contribution in [2.45, 2.75) is 27.3 Å². The molecular formula is C22H20N4O2S. The van der Waals surface area contributed by atoms with Gasteiger partial charge < -0.3 is 5.32 Å². The summed E-state index contributed by atoms with van der Waals surface area (Å²) in [4.78, 5) is 29.5. The molecule has 2 heterocycles. The Morgan fingerprint density at radius 1 is 1.10 bits per heavy atom.